The third kappa shape index (κ3) is 4.98. The summed E-state index contributed by atoms with van der Waals surface area (Å²) in [6.45, 7) is 12.4. The third-order valence-corrected chi connectivity index (χ3v) is 9.20. The molecule has 0 saturated carbocycles. The number of benzene rings is 1. The number of nitrogens with one attached hydrogen (secondary N) is 1. The Labute approximate surface area is 236 Å². The molecule has 0 radical (unpaired) electrons. The Hall–Kier alpha value is -3.17. The predicted octanol–water partition coefficient (Wildman–Crippen LogP) is 3.12. The van der Waals surface area contributed by atoms with Crippen molar-refractivity contribution in [2.24, 2.45) is 5.92 Å². The maximum absolute atomic E-state index is 12.2. The van der Waals surface area contributed by atoms with Crippen LogP contribution in [0.2, 0.25) is 5.02 Å². The van der Waals surface area contributed by atoms with Gasteiger partial charge in [0.1, 0.15) is 5.82 Å². The highest BCUT2D eigenvalue weighted by molar-refractivity contribution is 6.32. The van der Waals surface area contributed by atoms with Crippen molar-refractivity contribution in [3.63, 3.8) is 0 Å². The van der Waals surface area contributed by atoms with E-state index >= 15 is 0 Å². The summed E-state index contributed by atoms with van der Waals surface area (Å²) in [5.74, 6) is 2.08. The minimum atomic E-state index is -0.0249. The highest BCUT2D eigenvalue weighted by atomic mass is 35.5. The molecule has 1 amide bonds. The van der Waals surface area contributed by atoms with Crippen LogP contribution in [0.3, 0.4) is 0 Å². The quantitative estimate of drug-likeness (QED) is 0.323. The summed E-state index contributed by atoms with van der Waals surface area (Å²) in [6.07, 6.45) is 4.24. The minimum Gasteiger partial charge on any atom is -0.398 e. The van der Waals surface area contributed by atoms with E-state index in [9.17, 15) is 4.79 Å². The molecular formula is C29H39ClN8O. The fourth-order valence-electron chi connectivity index (χ4n) is 6.14. The summed E-state index contributed by atoms with van der Waals surface area (Å²) >= 11 is 6.89. The standard InChI is InChI=1S/C29H39ClN8O/c1-6-25(39)36-7-9-37(10-8-36)28-21-11-17(2)20(26-22(14-31)23(32)12-18(3)27(26)30)13-24(21)33-29(34-28)38-15-19(16-38)35(4)5/h6,12,14,17,19-20,31H,1,7-11,13,15-16,32H2,2-5H3/t17-,20-/m0/s1. The molecule has 0 unspecified atom stereocenters. The van der Waals surface area contributed by atoms with E-state index in [0.717, 1.165) is 61.2 Å². The number of nitrogens with zero attached hydrogens (tertiary/aromatic N) is 6. The van der Waals surface area contributed by atoms with Gasteiger partial charge in [-0.15, -0.1) is 0 Å². The molecule has 2 fully saturated rings. The average Bonchev–Trinajstić information content (AvgIpc) is 2.88. The molecule has 1 aliphatic carbocycles. The van der Waals surface area contributed by atoms with Crippen molar-refractivity contribution < 1.29 is 4.79 Å². The van der Waals surface area contributed by atoms with E-state index in [-0.39, 0.29) is 17.7 Å². The van der Waals surface area contributed by atoms with Crippen molar-refractivity contribution in [2.45, 2.75) is 38.6 Å². The molecule has 3 aliphatic rings. The van der Waals surface area contributed by atoms with Gasteiger partial charge in [0.2, 0.25) is 11.9 Å². The highest BCUT2D eigenvalue weighted by Gasteiger charge is 2.37. The molecule has 2 aromatic rings. The molecule has 1 aromatic carbocycles. The van der Waals surface area contributed by atoms with Gasteiger partial charge in [0.25, 0.3) is 0 Å². The summed E-state index contributed by atoms with van der Waals surface area (Å²) in [4.78, 5) is 31.1. The number of piperazine rings is 1. The molecule has 10 heteroatoms. The zero-order valence-electron chi connectivity index (χ0n) is 23.4. The number of nitrogens with two attached hydrogens (primary N) is 1. The van der Waals surface area contributed by atoms with Gasteiger partial charge in [0.15, 0.2) is 0 Å². The van der Waals surface area contributed by atoms with Crippen LogP contribution >= 0.6 is 11.6 Å². The Morgan fingerprint density at radius 3 is 2.49 bits per heavy atom. The molecule has 2 aliphatic heterocycles. The van der Waals surface area contributed by atoms with Gasteiger partial charge in [-0.25, -0.2) is 4.98 Å². The van der Waals surface area contributed by atoms with Gasteiger partial charge in [-0.05, 0) is 69.0 Å². The molecule has 39 heavy (non-hydrogen) atoms. The van der Waals surface area contributed by atoms with Crippen molar-refractivity contribution in [3.8, 4) is 0 Å². The Balaban J connectivity index is 1.53. The summed E-state index contributed by atoms with van der Waals surface area (Å²) in [5.41, 5.74) is 11.8. The van der Waals surface area contributed by atoms with Crippen LogP contribution in [0, 0.1) is 18.3 Å². The van der Waals surface area contributed by atoms with Crippen LogP contribution in [0.25, 0.3) is 0 Å². The predicted molar refractivity (Wildman–Crippen MR) is 159 cm³/mol. The fraction of sp³-hybridized carbons (Fsp3) is 0.517. The van der Waals surface area contributed by atoms with Crippen LogP contribution in [0.1, 0.15) is 40.8 Å². The average molecular weight is 551 g/mol. The number of carbonyl (C=O) groups excluding carboxylic acids is 1. The van der Waals surface area contributed by atoms with Gasteiger partial charge in [-0.2, -0.15) is 4.98 Å². The van der Waals surface area contributed by atoms with E-state index in [4.69, 9.17) is 32.7 Å². The number of likely N-dealkylation sites (N-methyl/N-ethyl adjacent to an activating group) is 1. The SMILES string of the molecule is C=CC(=O)N1CCN(c2nc(N3CC(N(C)C)C3)nc3c2C[C@H](C)[C@@H](c2c(Cl)c(C)cc(N)c2C=N)C3)CC1. The van der Waals surface area contributed by atoms with Crippen LogP contribution in [-0.4, -0.2) is 91.3 Å². The summed E-state index contributed by atoms with van der Waals surface area (Å²) in [6, 6.07) is 2.34. The van der Waals surface area contributed by atoms with Crippen molar-refractivity contribution in [2.75, 3.05) is 68.9 Å². The molecule has 208 valence electrons. The monoisotopic (exact) mass is 550 g/mol. The van der Waals surface area contributed by atoms with Crippen molar-refractivity contribution in [3.05, 3.63) is 51.7 Å². The second kappa shape index (κ2) is 10.8. The highest BCUT2D eigenvalue weighted by Crippen LogP contribution is 2.45. The van der Waals surface area contributed by atoms with Crippen molar-refractivity contribution in [1.82, 2.24) is 19.8 Å². The molecule has 2 atom stereocenters. The van der Waals surface area contributed by atoms with Gasteiger partial charge >= 0.3 is 0 Å². The van der Waals surface area contributed by atoms with E-state index in [2.05, 4.69) is 42.3 Å². The minimum absolute atomic E-state index is 0.0249. The van der Waals surface area contributed by atoms with Gasteiger partial charge in [-0.1, -0.05) is 25.1 Å². The normalized spacial score (nSPS) is 21.5. The first-order valence-corrected chi connectivity index (χ1v) is 14.1. The maximum atomic E-state index is 12.2. The number of carbonyl (C=O) groups is 1. The van der Waals surface area contributed by atoms with Crippen LogP contribution in [0.15, 0.2) is 18.7 Å². The van der Waals surface area contributed by atoms with E-state index < -0.39 is 0 Å². The van der Waals surface area contributed by atoms with E-state index in [1.54, 1.807) is 0 Å². The number of nitrogen functional groups attached to an aromatic ring is 1. The number of aryl methyl sites for hydroxylation is 1. The molecule has 3 heterocycles. The lowest BCUT2D eigenvalue weighted by atomic mass is 9.73. The number of anilines is 3. The van der Waals surface area contributed by atoms with Crippen molar-refractivity contribution in [1.29, 1.82) is 5.41 Å². The second-order valence-electron chi connectivity index (χ2n) is 11.4. The zero-order valence-corrected chi connectivity index (χ0v) is 24.1. The zero-order chi connectivity index (χ0) is 28.0. The van der Waals surface area contributed by atoms with E-state index in [1.807, 2.05) is 17.9 Å². The van der Waals surface area contributed by atoms with Gasteiger partial charge in [-0.3, -0.25) is 4.79 Å². The van der Waals surface area contributed by atoms with Gasteiger partial charge in [0.05, 0.1) is 5.69 Å². The van der Waals surface area contributed by atoms with Crippen molar-refractivity contribution >= 4 is 41.2 Å². The number of rotatable bonds is 6. The van der Waals surface area contributed by atoms with Crippen LogP contribution in [0.5, 0.6) is 0 Å². The molecule has 5 rings (SSSR count). The molecule has 9 nitrogen and oxygen atoms in total. The van der Waals surface area contributed by atoms with Crippen LogP contribution in [-0.2, 0) is 17.6 Å². The molecule has 3 N–H and O–H groups in total. The first kappa shape index (κ1) is 27.4. The number of halogens is 1. The Bertz CT molecular complexity index is 1300. The molecule has 1 aromatic heterocycles. The smallest absolute Gasteiger partial charge is 0.246 e. The van der Waals surface area contributed by atoms with Crippen LogP contribution in [0.4, 0.5) is 17.5 Å². The summed E-state index contributed by atoms with van der Waals surface area (Å²) in [5, 5.41) is 8.78. The number of hydrogen-bond acceptors (Lipinski definition) is 8. The van der Waals surface area contributed by atoms with Crippen LogP contribution < -0.4 is 15.5 Å². The molecule has 0 spiro atoms. The summed E-state index contributed by atoms with van der Waals surface area (Å²) < 4.78 is 0. The Morgan fingerprint density at radius 1 is 1.18 bits per heavy atom. The third-order valence-electron chi connectivity index (χ3n) is 8.70. The topological polar surface area (TPSA) is 106 Å². The first-order chi connectivity index (χ1) is 18.6. The molecule has 2 saturated heterocycles. The van der Waals surface area contributed by atoms with E-state index in [1.165, 1.54) is 17.9 Å². The lowest BCUT2D eigenvalue weighted by Crippen LogP contribution is -2.58. The Morgan fingerprint density at radius 2 is 1.87 bits per heavy atom. The lowest BCUT2D eigenvalue weighted by molar-refractivity contribution is -0.126. The number of fused-ring (bicyclic) bond motifs is 1. The van der Waals surface area contributed by atoms with Gasteiger partial charge < -0.3 is 30.7 Å². The Kier molecular flexibility index (Phi) is 7.57. The maximum Gasteiger partial charge on any atom is 0.246 e. The van der Waals surface area contributed by atoms with Gasteiger partial charge in [0, 0.05) is 73.4 Å². The second-order valence-corrected chi connectivity index (χ2v) is 11.7. The lowest BCUT2D eigenvalue weighted by Gasteiger charge is -2.44. The fourth-order valence-corrected chi connectivity index (χ4v) is 6.44. The molecular weight excluding hydrogens is 512 g/mol. The number of aromatic nitrogens is 2. The number of hydrogen-bond donors (Lipinski definition) is 2. The largest absolute Gasteiger partial charge is 0.398 e. The first-order valence-electron chi connectivity index (χ1n) is 13.7. The summed E-state index contributed by atoms with van der Waals surface area (Å²) in [7, 11) is 4.21. The van der Waals surface area contributed by atoms with E-state index in [0.29, 0.717) is 41.8 Å². The molecule has 0 bridgehead atoms. The number of amides is 1.